The van der Waals surface area contributed by atoms with Crippen LogP contribution in [0.5, 0.6) is 0 Å². The van der Waals surface area contributed by atoms with Gasteiger partial charge in [-0.25, -0.2) is 4.79 Å². The molecule has 1 saturated heterocycles. The number of carbonyl (C=O) groups is 1. The van der Waals surface area contributed by atoms with Crippen molar-refractivity contribution in [3.05, 3.63) is 18.0 Å². The molecular weight excluding hydrogens is 224 g/mol. The molecule has 0 radical (unpaired) electrons. The van der Waals surface area contributed by atoms with Gasteiger partial charge in [-0.2, -0.15) is 5.10 Å². The molecule has 17 heavy (non-hydrogen) atoms. The molecule has 1 aromatic rings. The topological polar surface area (TPSA) is 73.6 Å². The Morgan fingerprint density at radius 3 is 3.00 bits per heavy atom. The summed E-state index contributed by atoms with van der Waals surface area (Å²) in [5, 5.41) is 12.7. The molecule has 1 N–H and O–H groups in total. The van der Waals surface area contributed by atoms with E-state index < -0.39 is 11.8 Å². The fourth-order valence-corrected chi connectivity index (χ4v) is 1.78. The van der Waals surface area contributed by atoms with Gasteiger partial charge in [0.1, 0.15) is 0 Å². The lowest BCUT2D eigenvalue weighted by atomic mass is 10.2. The molecule has 1 aliphatic heterocycles. The average molecular weight is 240 g/mol. The second-order valence-electron chi connectivity index (χ2n) is 4.54. The number of rotatable bonds is 4. The standard InChI is InChI=1S/C11H16N2O4/c1-11(2)16-7-9(17-11)3-4-13-6-8(5-12-13)10(14)15/h5-6,9H,3-4,7H2,1-2H3,(H,14,15). The molecule has 6 heteroatoms. The van der Waals surface area contributed by atoms with Crippen LogP contribution in [-0.2, 0) is 16.0 Å². The van der Waals surface area contributed by atoms with Crippen molar-refractivity contribution in [2.24, 2.45) is 0 Å². The van der Waals surface area contributed by atoms with Crippen LogP contribution in [0.1, 0.15) is 30.6 Å². The Kier molecular flexibility index (Phi) is 3.17. The van der Waals surface area contributed by atoms with Gasteiger partial charge < -0.3 is 14.6 Å². The zero-order chi connectivity index (χ0) is 12.5. The van der Waals surface area contributed by atoms with Crippen LogP contribution in [0.15, 0.2) is 12.4 Å². The molecule has 2 rings (SSSR count). The second-order valence-corrected chi connectivity index (χ2v) is 4.54. The molecule has 1 aromatic heterocycles. The first-order chi connectivity index (χ1) is 7.96. The van der Waals surface area contributed by atoms with Gasteiger partial charge in [-0.3, -0.25) is 4.68 Å². The molecule has 0 amide bonds. The number of nitrogens with zero attached hydrogens (tertiary/aromatic N) is 2. The van der Waals surface area contributed by atoms with Gasteiger partial charge in [-0.15, -0.1) is 0 Å². The third-order valence-electron chi connectivity index (χ3n) is 2.63. The molecule has 0 bridgehead atoms. The van der Waals surface area contributed by atoms with E-state index in [-0.39, 0.29) is 11.7 Å². The van der Waals surface area contributed by atoms with Crippen LogP contribution in [0.2, 0.25) is 0 Å². The lowest BCUT2D eigenvalue weighted by Crippen LogP contribution is -2.22. The molecule has 2 heterocycles. The summed E-state index contributed by atoms with van der Waals surface area (Å²) < 4.78 is 12.7. The van der Waals surface area contributed by atoms with Crippen LogP contribution in [0.3, 0.4) is 0 Å². The van der Waals surface area contributed by atoms with E-state index >= 15 is 0 Å². The van der Waals surface area contributed by atoms with Gasteiger partial charge in [0.05, 0.1) is 24.5 Å². The number of aryl methyl sites for hydroxylation is 1. The average Bonchev–Trinajstić information content (AvgIpc) is 2.81. The van der Waals surface area contributed by atoms with Gasteiger partial charge in [0.15, 0.2) is 5.79 Å². The van der Waals surface area contributed by atoms with Crippen LogP contribution in [0.4, 0.5) is 0 Å². The maximum Gasteiger partial charge on any atom is 0.338 e. The number of carboxylic acids is 1. The summed E-state index contributed by atoms with van der Waals surface area (Å²) in [5.74, 6) is -1.47. The Balaban J connectivity index is 1.84. The summed E-state index contributed by atoms with van der Waals surface area (Å²) in [5.41, 5.74) is 0.203. The number of aromatic carboxylic acids is 1. The van der Waals surface area contributed by atoms with E-state index in [2.05, 4.69) is 5.10 Å². The first kappa shape index (κ1) is 12.1. The van der Waals surface area contributed by atoms with E-state index in [9.17, 15) is 4.79 Å². The quantitative estimate of drug-likeness (QED) is 0.853. The summed E-state index contributed by atoms with van der Waals surface area (Å²) in [6.45, 7) is 4.95. The summed E-state index contributed by atoms with van der Waals surface area (Å²) in [7, 11) is 0. The first-order valence-corrected chi connectivity index (χ1v) is 5.54. The van der Waals surface area contributed by atoms with E-state index in [4.69, 9.17) is 14.6 Å². The van der Waals surface area contributed by atoms with E-state index in [1.807, 2.05) is 13.8 Å². The van der Waals surface area contributed by atoms with Crippen molar-refractivity contribution in [3.63, 3.8) is 0 Å². The Labute approximate surface area is 99.1 Å². The Hall–Kier alpha value is -1.40. The zero-order valence-corrected chi connectivity index (χ0v) is 9.92. The predicted molar refractivity (Wildman–Crippen MR) is 58.7 cm³/mol. The summed E-state index contributed by atoms with van der Waals surface area (Å²) in [4.78, 5) is 10.7. The van der Waals surface area contributed by atoms with Crippen molar-refractivity contribution in [1.82, 2.24) is 9.78 Å². The maximum atomic E-state index is 10.7. The molecule has 0 saturated carbocycles. The molecule has 94 valence electrons. The first-order valence-electron chi connectivity index (χ1n) is 5.54. The minimum Gasteiger partial charge on any atom is -0.478 e. The van der Waals surface area contributed by atoms with Crippen LogP contribution < -0.4 is 0 Å². The molecule has 1 unspecified atom stereocenters. The predicted octanol–water partition coefficient (Wildman–Crippen LogP) is 1.12. The highest BCUT2D eigenvalue weighted by Gasteiger charge is 2.32. The Morgan fingerprint density at radius 1 is 1.71 bits per heavy atom. The minimum atomic E-state index is -0.960. The van der Waals surface area contributed by atoms with Crippen LogP contribution >= 0.6 is 0 Å². The van der Waals surface area contributed by atoms with Gasteiger partial charge in [-0.05, 0) is 20.3 Å². The van der Waals surface area contributed by atoms with Crippen LogP contribution in [0, 0.1) is 0 Å². The molecule has 0 spiro atoms. The molecular formula is C11H16N2O4. The Morgan fingerprint density at radius 2 is 2.47 bits per heavy atom. The SMILES string of the molecule is CC1(C)OCC(CCn2cc(C(=O)O)cn2)O1. The van der Waals surface area contributed by atoms with Gasteiger partial charge >= 0.3 is 5.97 Å². The highest BCUT2D eigenvalue weighted by molar-refractivity contribution is 5.86. The fraction of sp³-hybridized carbons (Fsp3) is 0.636. The van der Waals surface area contributed by atoms with Crippen molar-refractivity contribution in [2.45, 2.75) is 38.7 Å². The third kappa shape index (κ3) is 3.04. The second kappa shape index (κ2) is 4.46. The number of aromatic nitrogens is 2. The third-order valence-corrected chi connectivity index (χ3v) is 2.63. The van der Waals surface area contributed by atoms with Gasteiger partial charge in [-0.1, -0.05) is 0 Å². The highest BCUT2D eigenvalue weighted by atomic mass is 16.7. The van der Waals surface area contributed by atoms with Crippen molar-refractivity contribution < 1.29 is 19.4 Å². The maximum absolute atomic E-state index is 10.7. The summed E-state index contributed by atoms with van der Waals surface area (Å²) in [6.07, 6.45) is 3.66. The monoisotopic (exact) mass is 240 g/mol. The fourth-order valence-electron chi connectivity index (χ4n) is 1.78. The molecule has 6 nitrogen and oxygen atoms in total. The van der Waals surface area contributed by atoms with Gasteiger partial charge in [0.25, 0.3) is 0 Å². The normalized spacial score (nSPS) is 22.8. The molecule has 1 aliphatic rings. The van der Waals surface area contributed by atoms with Crippen LogP contribution in [0.25, 0.3) is 0 Å². The largest absolute Gasteiger partial charge is 0.478 e. The van der Waals surface area contributed by atoms with E-state index in [0.29, 0.717) is 13.2 Å². The molecule has 0 aliphatic carbocycles. The minimum absolute atomic E-state index is 0.0440. The lowest BCUT2D eigenvalue weighted by molar-refractivity contribution is -0.139. The number of ether oxygens (including phenoxy) is 2. The van der Waals surface area contributed by atoms with E-state index in [0.717, 1.165) is 6.42 Å². The number of carboxylic acid groups (broad SMARTS) is 1. The molecule has 0 aromatic carbocycles. The number of hydrogen-bond acceptors (Lipinski definition) is 4. The zero-order valence-electron chi connectivity index (χ0n) is 9.92. The molecule has 1 fully saturated rings. The highest BCUT2D eigenvalue weighted by Crippen LogP contribution is 2.24. The van der Waals surface area contributed by atoms with E-state index in [1.165, 1.54) is 12.4 Å². The summed E-state index contributed by atoms with van der Waals surface area (Å²) in [6, 6.07) is 0. The lowest BCUT2D eigenvalue weighted by Gasteiger charge is -2.16. The van der Waals surface area contributed by atoms with Gasteiger partial charge in [0, 0.05) is 12.7 Å². The van der Waals surface area contributed by atoms with Crippen LogP contribution in [-0.4, -0.2) is 39.4 Å². The molecule has 1 atom stereocenters. The van der Waals surface area contributed by atoms with Crippen molar-refractivity contribution in [3.8, 4) is 0 Å². The Bertz CT molecular complexity index is 413. The van der Waals surface area contributed by atoms with Crippen molar-refractivity contribution in [2.75, 3.05) is 6.61 Å². The smallest absolute Gasteiger partial charge is 0.338 e. The van der Waals surface area contributed by atoms with E-state index in [1.54, 1.807) is 4.68 Å². The summed E-state index contributed by atoms with van der Waals surface area (Å²) >= 11 is 0. The van der Waals surface area contributed by atoms with Crippen molar-refractivity contribution in [1.29, 1.82) is 0 Å². The number of hydrogen-bond donors (Lipinski definition) is 1. The van der Waals surface area contributed by atoms with Crippen molar-refractivity contribution >= 4 is 5.97 Å². The van der Waals surface area contributed by atoms with Gasteiger partial charge in [0.2, 0.25) is 0 Å².